The zero-order chi connectivity index (χ0) is 24.2. The molecule has 172 valence electrons. The van der Waals surface area contributed by atoms with Gasteiger partial charge in [0.15, 0.2) is 5.78 Å². The molecule has 0 aliphatic rings. The molecule has 0 bridgehead atoms. The average Bonchev–Trinajstić information content (AvgIpc) is 2.78. The zero-order valence-corrected chi connectivity index (χ0v) is 19.2. The Morgan fingerprint density at radius 2 is 1.64 bits per heavy atom. The quantitative estimate of drug-likeness (QED) is 0.495. The Hall–Kier alpha value is -3.58. The largest absolute Gasteiger partial charge is 0.443 e. The SMILES string of the molecule is CC(c1ccccc1)N(C(=O)OC(C)(C)C)c1cc(C(N)C(=O)c2ccc(F)cc2)ccn1. The number of halogens is 1. The van der Waals surface area contributed by atoms with Crippen LogP contribution in [0.15, 0.2) is 72.9 Å². The molecule has 0 saturated carbocycles. The number of nitrogens with zero attached hydrogens (tertiary/aromatic N) is 2. The first-order valence-electron chi connectivity index (χ1n) is 10.7. The van der Waals surface area contributed by atoms with E-state index in [-0.39, 0.29) is 5.78 Å². The minimum Gasteiger partial charge on any atom is -0.443 e. The van der Waals surface area contributed by atoms with E-state index in [2.05, 4.69) is 4.98 Å². The topological polar surface area (TPSA) is 85.5 Å². The summed E-state index contributed by atoms with van der Waals surface area (Å²) in [5, 5.41) is 0. The number of ketones is 1. The number of rotatable bonds is 6. The number of benzene rings is 2. The van der Waals surface area contributed by atoms with Crippen LogP contribution in [0.3, 0.4) is 0 Å². The highest BCUT2D eigenvalue weighted by atomic mass is 19.1. The van der Waals surface area contributed by atoms with E-state index in [0.717, 1.165) is 5.56 Å². The van der Waals surface area contributed by atoms with Crippen LogP contribution in [0.5, 0.6) is 0 Å². The predicted octanol–water partition coefficient (Wildman–Crippen LogP) is 5.61. The molecule has 33 heavy (non-hydrogen) atoms. The molecule has 2 unspecified atom stereocenters. The fraction of sp³-hybridized carbons (Fsp3) is 0.269. The second-order valence-corrected chi connectivity index (χ2v) is 8.73. The minimum atomic E-state index is -1.01. The Morgan fingerprint density at radius 3 is 2.24 bits per heavy atom. The van der Waals surface area contributed by atoms with Crippen molar-refractivity contribution in [3.8, 4) is 0 Å². The highest BCUT2D eigenvalue weighted by Crippen LogP contribution is 2.29. The lowest BCUT2D eigenvalue weighted by atomic mass is 9.98. The number of pyridine rings is 1. The second kappa shape index (κ2) is 9.92. The van der Waals surface area contributed by atoms with Crippen LogP contribution in [0.25, 0.3) is 0 Å². The molecule has 2 aromatic carbocycles. The molecule has 2 atom stereocenters. The number of hydrogen-bond donors (Lipinski definition) is 1. The van der Waals surface area contributed by atoms with Gasteiger partial charge in [-0.3, -0.25) is 9.69 Å². The van der Waals surface area contributed by atoms with Gasteiger partial charge in [-0.05, 0) is 75.2 Å². The van der Waals surface area contributed by atoms with Gasteiger partial charge in [-0.2, -0.15) is 0 Å². The summed E-state index contributed by atoms with van der Waals surface area (Å²) in [7, 11) is 0. The number of ether oxygens (including phenoxy) is 1. The van der Waals surface area contributed by atoms with E-state index in [1.165, 1.54) is 35.4 Å². The van der Waals surface area contributed by atoms with Gasteiger partial charge in [-0.15, -0.1) is 0 Å². The van der Waals surface area contributed by atoms with Crippen LogP contribution < -0.4 is 10.6 Å². The number of Topliss-reactive ketones (excluding diaryl/α,β-unsaturated/α-hetero) is 1. The van der Waals surface area contributed by atoms with E-state index in [9.17, 15) is 14.0 Å². The van der Waals surface area contributed by atoms with Crippen molar-refractivity contribution in [2.45, 2.75) is 45.4 Å². The molecule has 0 spiro atoms. The molecule has 1 heterocycles. The lowest BCUT2D eigenvalue weighted by molar-refractivity contribution is 0.0566. The first-order chi connectivity index (χ1) is 15.6. The van der Waals surface area contributed by atoms with Gasteiger partial charge in [0.1, 0.15) is 17.2 Å². The molecule has 0 saturated heterocycles. The molecule has 3 rings (SSSR count). The summed E-state index contributed by atoms with van der Waals surface area (Å²) in [5.41, 5.74) is 7.19. The first kappa shape index (κ1) is 24.1. The van der Waals surface area contributed by atoms with Gasteiger partial charge in [0.05, 0.1) is 12.1 Å². The van der Waals surface area contributed by atoms with Crippen LogP contribution in [0, 0.1) is 5.82 Å². The Balaban J connectivity index is 1.97. The molecule has 6 nitrogen and oxygen atoms in total. The highest BCUT2D eigenvalue weighted by Gasteiger charge is 2.30. The molecule has 1 aromatic heterocycles. The normalized spacial score (nSPS) is 13.2. The fourth-order valence-electron chi connectivity index (χ4n) is 3.35. The molecule has 3 aromatic rings. The lowest BCUT2D eigenvalue weighted by Crippen LogP contribution is -2.39. The summed E-state index contributed by atoms with van der Waals surface area (Å²) >= 11 is 0. The van der Waals surface area contributed by atoms with Crippen molar-refractivity contribution in [3.05, 3.63) is 95.4 Å². The van der Waals surface area contributed by atoms with Gasteiger partial charge in [0, 0.05) is 11.8 Å². The number of hydrogen-bond acceptors (Lipinski definition) is 5. The molecular weight excluding hydrogens is 421 g/mol. The van der Waals surface area contributed by atoms with Crippen molar-refractivity contribution in [2.75, 3.05) is 4.90 Å². The van der Waals surface area contributed by atoms with Crippen molar-refractivity contribution in [1.82, 2.24) is 4.98 Å². The molecule has 0 aliphatic heterocycles. The van der Waals surface area contributed by atoms with Gasteiger partial charge < -0.3 is 10.5 Å². The number of carbonyl (C=O) groups excluding carboxylic acids is 2. The Morgan fingerprint density at radius 1 is 1.00 bits per heavy atom. The maximum absolute atomic E-state index is 13.2. The summed E-state index contributed by atoms with van der Waals surface area (Å²) in [6.07, 6.45) is 0.930. The van der Waals surface area contributed by atoms with Crippen molar-refractivity contribution < 1.29 is 18.7 Å². The third-order valence-electron chi connectivity index (χ3n) is 5.05. The van der Waals surface area contributed by atoms with E-state index in [0.29, 0.717) is 16.9 Å². The molecule has 0 fully saturated rings. The summed E-state index contributed by atoms with van der Waals surface area (Å²) in [5.74, 6) is -0.498. The third kappa shape index (κ3) is 6.02. The first-order valence-corrected chi connectivity index (χ1v) is 10.7. The van der Waals surface area contributed by atoms with E-state index < -0.39 is 29.6 Å². The van der Waals surface area contributed by atoms with E-state index in [1.807, 2.05) is 37.3 Å². The molecule has 7 heteroatoms. The van der Waals surface area contributed by atoms with Gasteiger partial charge in [0.2, 0.25) is 0 Å². The molecular formula is C26H28FN3O3. The van der Waals surface area contributed by atoms with Crippen molar-refractivity contribution in [1.29, 1.82) is 0 Å². The van der Waals surface area contributed by atoms with Crippen LogP contribution >= 0.6 is 0 Å². The number of aromatic nitrogens is 1. The minimum absolute atomic E-state index is 0.295. The summed E-state index contributed by atoms with van der Waals surface area (Å²) < 4.78 is 18.9. The van der Waals surface area contributed by atoms with Crippen LogP contribution in [-0.2, 0) is 4.74 Å². The second-order valence-electron chi connectivity index (χ2n) is 8.73. The Labute approximate surface area is 193 Å². The molecule has 2 N–H and O–H groups in total. The smallest absolute Gasteiger partial charge is 0.416 e. The Kier molecular flexibility index (Phi) is 7.23. The van der Waals surface area contributed by atoms with Crippen LogP contribution in [0.2, 0.25) is 0 Å². The van der Waals surface area contributed by atoms with Crippen LogP contribution in [0.1, 0.15) is 61.3 Å². The summed E-state index contributed by atoms with van der Waals surface area (Å²) in [4.78, 5) is 31.8. The Bertz CT molecular complexity index is 1110. The van der Waals surface area contributed by atoms with Gasteiger partial charge in [0.25, 0.3) is 0 Å². The number of anilines is 1. The number of amides is 1. The van der Waals surface area contributed by atoms with E-state index >= 15 is 0 Å². The van der Waals surface area contributed by atoms with Gasteiger partial charge in [-0.1, -0.05) is 30.3 Å². The third-order valence-corrected chi connectivity index (χ3v) is 5.05. The lowest BCUT2D eigenvalue weighted by Gasteiger charge is -2.31. The average molecular weight is 450 g/mol. The van der Waals surface area contributed by atoms with Crippen molar-refractivity contribution in [2.24, 2.45) is 5.73 Å². The van der Waals surface area contributed by atoms with E-state index in [4.69, 9.17) is 10.5 Å². The summed E-state index contributed by atoms with van der Waals surface area (Å²) in [6, 6.07) is 16.5. The predicted molar refractivity (Wildman–Crippen MR) is 125 cm³/mol. The van der Waals surface area contributed by atoms with Crippen LogP contribution in [0.4, 0.5) is 15.0 Å². The van der Waals surface area contributed by atoms with Gasteiger partial charge >= 0.3 is 6.09 Å². The highest BCUT2D eigenvalue weighted by molar-refractivity contribution is 6.00. The fourth-order valence-corrected chi connectivity index (χ4v) is 3.35. The van der Waals surface area contributed by atoms with Crippen molar-refractivity contribution >= 4 is 17.7 Å². The van der Waals surface area contributed by atoms with Crippen LogP contribution in [-0.4, -0.2) is 22.5 Å². The summed E-state index contributed by atoms with van der Waals surface area (Å²) in [6.45, 7) is 7.24. The zero-order valence-electron chi connectivity index (χ0n) is 19.2. The molecule has 1 amide bonds. The molecule has 0 radical (unpaired) electrons. The molecule has 0 aliphatic carbocycles. The maximum atomic E-state index is 13.2. The van der Waals surface area contributed by atoms with E-state index in [1.54, 1.807) is 32.9 Å². The number of carbonyl (C=O) groups is 2. The standard InChI is InChI=1S/C26H28FN3O3/c1-17(18-8-6-5-7-9-18)30(25(32)33-26(2,3)4)22-16-20(14-15-29-22)23(28)24(31)19-10-12-21(27)13-11-19/h5-17,23H,28H2,1-4H3. The monoisotopic (exact) mass is 449 g/mol. The number of nitrogens with two attached hydrogens (primary N) is 1. The maximum Gasteiger partial charge on any atom is 0.416 e. The van der Waals surface area contributed by atoms with Crippen molar-refractivity contribution in [3.63, 3.8) is 0 Å². The van der Waals surface area contributed by atoms with Gasteiger partial charge in [-0.25, -0.2) is 14.2 Å².